The van der Waals surface area contributed by atoms with Crippen LogP contribution in [0.25, 0.3) is 0 Å². The first-order valence-electron chi connectivity index (χ1n) is 6.78. The van der Waals surface area contributed by atoms with Crippen molar-refractivity contribution < 1.29 is 4.79 Å². The first-order valence-corrected chi connectivity index (χ1v) is 7.69. The number of hydrogen-bond acceptors (Lipinski definition) is 2. The average molecular weight is 303 g/mol. The SMILES string of the molecule is CCC(Br)C(=O)NC1CC2CCCC(C1)N2C. The molecule has 2 aliphatic heterocycles. The van der Waals surface area contributed by atoms with E-state index < -0.39 is 0 Å². The van der Waals surface area contributed by atoms with Crippen molar-refractivity contribution in [2.75, 3.05) is 7.05 Å². The Bertz CT molecular complexity index is 271. The van der Waals surface area contributed by atoms with Crippen LogP contribution in [-0.2, 0) is 4.79 Å². The van der Waals surface area contributed by atoms with Crippen LogP contribution in [0.15, 0.2) is 0 Å². The van der Waals surface area contributed by atoms with Crippen LogP contribution < -0.4 is 5.32 Å². The average Bonchev–Trinajstić information content (AvgIpc) is 2.29. The topological polar surface area (TPSA) is 32.3 Å². The molecule has 2 aliphatic rings. The minimum atomic E-state index is -0.0259. The number of nitrogens with one attached hydrogen (secondary N) is 1. The van der Waals surface area contributed by atoms with Gasteiger partial charge in [0.15, 0.2) is 0 Å². The van der Waals surface area contributed by atoms with Crippen molar-refractivity contribution in [3.63, 3.8) is 0 Å². The van der Waals surface area contributed by atoms with Crippen molar-refractivity contribution in [3.8, 4) is 0 Å². The number of nitrogens with zero attached hydrogens (tertiary/aromatic N) is 1. The number of piperidine rings is 2. The smallest absolute Gasteiger partial charge is 0.233 e. The summed E-state index contributed by atoms with van der Waals surface area (Å²) in [4.78, 5) is 14.4. The van der Waals surface area contributed by atoms with E-state index >= 15 is 0 Å². The summed E-state index contributed by atoms with van der Waals surface area (Å²) in [6.45, 7) is 2.03. The van der Waals surface area contributed by atoms with Crippen LogP contribution in [0, 0.1) is 0 Å². The predicted molar refractivity (Wildman–Crippen MR) is 73.4 cm³/mol. The van der Waals surface area contributed by atoms with Gasteiger partial charge >= 0.3 is 0 Å². The van der Waals surface area contributed by atoms with Gasteiger partial charge in [0.05, 0.1) is 4.83 Å². The van der Waals surface area contributed by atoms with Crippen LogP contribution in [0.3, 0.4) is 0 Å². The first kappa shape index (κ1) is 13.3. The van der Waals surface area contributed by atoms with E-state index in [0.29, 0.717) is 18.1 Å². The number of hydrogen-bond donors (Lipinski definition) is 1. The van der Waals surface area contributed by atoms with Crippen molar-refractivity contribution in [3.05, 3.63) is 0 Å². The Morgan fingerprint density at radius 1 is 1.41 bits per heavy atom. The maximum Gasteiger partial charge on any atom is 0.233 e. The summed E-state index contributed by atoms with van der Waals surface area (Å²) in [7, 11) is 2.24. The number of alkyl halides is 1. The molecule has 0 aromatic heterocycles. The molecule has 2 rings (SSSR count). The zero-order chi connectivity index (χ0) is 12.4. The second-order valence-corrected chi connectivity index (χ2v) is 6.56. The van der Waals surface area contributed by atoms with Gasteiger partial charge < -0.3 is 10.2 Å². The van der Waals surface area contributed by atoms with E-state index in [1.54, 1.807) is 0 Å². The Morgan fingerprint density at radius 3 is 2.53 bits per heavy atom. The molecule has 2 saturated heterocycles. The summed E-state index contributed by atoms with van der Waals surface area (Å²) in [6, 6.07) is 1.76. The lowest BCUT2D eigenvalue weighted by molar-refractivity contribution is -0.122. The lowest BCUT2D eigenvalue weighted by Gasteiger charge is -2.47. The molecular formula is C13H23BrN2O. The molecule has 0 aromatic carbocycles. The fourth-order valence-corrected chi connectivity index (χ4v) is 3.34. The van der Waals surface area contributed by atoms with Crippen LogP contribution in [0.1, 0.15) is 45.4 Å². The van der Waals surface area contributed by atoms with Crippen LogP contribution >= 0.6 is 15.9 Å². The molecule has 4 heteroatoms. The van der Waals surface area contributed by atoms with Crippen LogP contribution in [0.4, 0.5) is 0 Å². The molecule has 3 nitrogen and oxygen atoms in total. The molecule has 0 spiro atoms. The third-order valence-electron chi connectivity index (χ3n) is 4.33. The largest absolute Gasteiger partial charge is 0.352 e. The van der Waals surface area contributed by atoms with Crippen LogP contribution in [0.5, 0.6) is 0 Å². The Balaban J connectivity index is 1.89. The van der Waals surface area contributed by atoms with Gasteiger partial charge in [0.2, 0.25) is 5.91 Å². The van der Waals surface area contributed by atoms with Gasteiger partial charge in [0, 0.05) is 18.1 Å². The number of halogens is 1. The number of rotatable bonds is 3. The molecule has 0 radical (unpaired) electrons. The molecule has 17 heavy (non-hydrogen) atoms. The van der Waals surface area contributed by atoms with E-state index in [0.717, 1.165) is 19.3 Å². The second kappa shape index (κ2) is 5.70. The number of carbonyl (C=O) groups is 1. The highest BCUT2D eigenvalue weighted by Gasteiger charge is 2.36. The first-order chi connectivity index (χ1) is 8.11. The maximum absolute atomic E-state index is 11.9. The van der Waals surface area contributed by atoms with Crippen molar-refractivity contribution in [1.29, 1.82) is 0 Å². The Morgan fingerprint density at radius 2 is 2.00 bits per heavy atom. The second-order valence-electron chi connectivity index (χ2n) is 5.46. The monoisotopic (exact) mass is 302 g/mol. The van der Waals surface area contributed by atoms with Crippen molar-refractivity contribution in [2.24, 2.45) is 0 Å². The molecule has 0 aromatic rings. The Hall–Kier alpha value is -0.0900. The van der Waals surface area contributed by atoms with E-state index in [1.165, 1.54) is 19.3 Å². The molecular weight excluding hydrogens is 280 g/mol. The summed E-state index contributed by atoms with van der Waals surface area (Å²) in [5.74, 6) is 0.167. The molecule has 1 amide bonds. The summed E-state index contributed by atoms with van der Waals surface area (Å²) in [5, 5.41) is 3.21. The zero-order valence-corrected chi connectivity index (χ0v) is 12.4. The Labute approximate surface area is 112 Å². The normalized spacial score (nSPS) is 35.4. The van der Waals surface area contributed by atoms with Gasteiger partial charge in [-0.25, -0.2) is 0 Å². The molecule has 3 unspecified atom stereocenters. The standard InChI is InChI=1S/C13H23BrN2O/c1-3-12(14)13(17)15-9-7-10-5-4-6-11(8-9)16(10)2/h9-12H,3-8H2,1-2H3,(H,15,17). The molecule has 0 aliphatic carbocycles. The molecule has 2 bridgehead atoms. The van der Waals surface area contributed by atoms with Gasteiger partial charge in [-0.3, -0.25) is 4.79 Å². The quantitative estimate of drug-likeness (QED) is 0.811. The summed E-state index contributed by atoms with van der Waals surface area (Å²) in [5.41, 5.74) is 0. The van der Waals surface area contributed by atoms with Crippen LogP contribution in [-0.4, -0.2) is 40.8 Å². The van der Waals surface area contributed by atoms with Gasteiger partial charge in [-0.05, 0) is 39.2 Å². The van der Waals surface area contributed by atoms with Crippen LogP contribution in [0.2, 0.25) is 0 Å². The molecule has 3 atom stereocenters. The number of fused-ring (bicyclic) bond motifs is 2. The van der Waals surface area contributed by atoms with Gasteiger partial charge in [-0.15, -0.1) is 0 Å². The summed E-state index contributed by atoms with van der Waals surface area (Å²) >= 11 is 3.42. The minimum absolute atomic E-state index is 0.0259. The van der Waals surface area contributed by atoms with Gasteiger partial charge in [-0.2, -0.15) is 0 Å². The molecule has 0 saturated carbocycles. The van der Waals surface area contributed by atoms with Crippen molar-refractivity contribution in [1.82, 2.24) is 10.2 Å². The van der Waals surface area contributed by atoms with Gasteiger partial charge in [-0.1, -0.05) is 29.3 Å². The molecule has 1 N–H and O–H groups in total. The fraction of sp³-hybridized carbons (Fsp3) is 0.923. The number of amides is 1. The predicted octanol–water partition coefficient (Wildman–Crippen LogP) is 2.29. The van der Waals surface area contributed by atoms with E-state index in [9.17, 15) is 4.79 Å². The number of carbonyl (C=O) groups excluding carboxylic acids is 1. The third kappa shape index (κ3) is 3.02. The summed E-state index contributed by atoms with van der Waals surface area (Å²) in [6.07, 6.45) is 7.06. The fourth-order valence-electron chi connectivity index (χ4n) is 3.21. The van der Waals surface area contributed by atoms with E-state index in [1.807, 2.05) is 6.92 Å². The lowest BCUT2D eigenvalue weighted by atomic mass is 9.82. The maximum atomic E-state index is 11.9. The van der Waals surface area contributed by atoms with E-state index in [2.05, 4.69) is 33.2 Å². The zero-order valence-electron chi connectivity index (χ0n) is 10.8. The highest BCUT2D eigenvalue weighted by atomic mass is 79.9. The lowest BCUT2D eigenvalue weighted by Crippen LogP contribution is -2.55. The third-order valence-corrected chi connectivity index (χ3v) is 5.39. The van der Waals surface area contributed by atoms with Crippen molar-refractivity contribution in [2.45, 2.75) is 68.4 Å². The highest BCUT2D eigenvalue weighted by Crippen LogP contribution is 2.32. The van der Waals surface area contributed by atoms with Gasteiger partial charge in [0.1, 0.15) is 0 Å². The molecule has 2 heterocycles. The summed E-state index contributed by atoms with van der Waals surface area (Å²) < 4.78 is 0. The van der Waals surface area contributed by atoms with Gasteiger partial charge in [0.25, 0.3) is 0 Å². The van der Waals surface area contributed by atoms with E-state index in [4.69, 9.17) is 0 Å². The highest BCUT2D eigenvalue weighted by molar-refractivity contribution is 9.10. The van der Waals surface area contributed by atoms with Crippen molar-refractivity contribution >= 4 is 21.8 Å². The minimum Gasteiger partial charge on any atom is -0.352 e. The molecule has 98 valence electrons. The molecule has 2 fully saturated rings. The Kier molecular flexibility index (Phi) is 4.47. The van der Waals surface area contributed by atoms with E-state index in [-0.39, 0.29) is 10.7 Å².